The average molecular weight is 246 g/mol. The summed E-state index contributed by atoms with van der Waals surface area (Å²) in [4.78, 5) is 0. The van der Waals surface area contributed by atoms with Gasteiger partial charge in [-0.1, -0.05) is 57.7 Å². The standard InChI is InChI=1S/C17H31B/c1-17(2,18)16-14-9-5-3-7-12(14)11-13-8-4-6-10-15(13)16/h12-16H,3-11,18H2,1-2H3. The number of hydrogen-bond donors (Lipinski definition) is 0. The van der Waals surface area contributed by atoms with Gasteiger partial charge in [0.15, 0.2) is 0 Å². The molecule has 18 heavy (non-hydrogen) atoms. The van der Waals surface area contributed by atoms with Crippen LogP contribution in [0.5, 0.6) is 0 Å². The van der Waals surface area contributed by atoms with Crippen molar-refractivity contribution in [1.82, 2.24) is 0 Å². The third-order valence-corrected chi connectivity index (χ3v) is 6.46. The Labute approximate surface area is 115 Å². The minimum absolute atomic E-state index is 0.543. The van der Waals surface area contributed by atoms with Crippen molar-refractivity contribution in [1.29, 1.82) is 0 Å². The highest BCUT2D eigenvalue weighted by Crippen LogP contribution is 2.59. The lowest BCUT2D eigenvalue weighted by atomic mass is 9.45. The second-order valence-corrected chi connectivity index (χ2v) is 8.54. The summed E-state index contributed by atoms with van der Waals surface area (Å²) in [6, 6.07) is 0. The first-order chi connectivity index (χ1) is 8.57. The van der Waals surface area contributed by atoms with Crippen LogP contribution >= 0.6 is 0 Å². The Hall–Kier alpha value is 0.0649. The van der Waals surface area contributed by atoms with Crippen molar-refractivity contribution in [3.8, 4) is 0 Å². The van der Waals surface area contributed by atoms with Crippen molar-refractivity contribution < 1.29 is 0 Å². The highest BCUT2D eigenvalue weighted by Gasteiger charge is 2.49. The first kappa shape index (κ1) is 13.1. The summed E-state index contributed by atoms with van der Waals surface area (Å²) in [5, 5.41) is 0.543. The smallest absolute Gasteiger partial charge is 0.0669 e. The third kappa shape index (κ3) is 2.27. The van der Waals surface area contributed by atoms with Crippen LogP contribution in [-0.4, -0.2) is 7.85 Å². The van der Waals surface area contributed by atoms with Crippen molar-refractivity contribution >= 4 is 7.85 Å². The summed E-state index contributed by atoms with van der Waals surface area (Å²) in [5.41, 5.74) is 0. The quantitative estimate of drug-likeness (QED) is 0.599. The van der Waals surface area contributed by atoms with Crippen LogP contribution in [0.15, 0.2) is 0 Å². The first-order valence-electron chi connectivity index (χ1n) is 8.57. The van der Waals surface area contributed by atoms with Gasteiger partial charge >= 0.3 is 0 Å². The van der Waals surface area contributed by atoms with E-state index in [1.165, 1.54) is 25.7 Å². The van der Waals surface area contributed by atoms with Gasteiger partial charge in [-0.3, -0.25) is 0 Å². The fraction of sp³-hybridized carbons (Fsp3) is 1.00. The second kappa shape index (κ2) is 4.87. The highest BCUT2D eigenvalue weighted by molar-refractivity contribution is 6.14. The van der Waals surface area contributed by atoms with Crippen LogP contribution in [0.25, 0.3) is 0 Å². The van der Waals surface area contributed by atoms with Gasteiger partial charge in [0.1, 0.15) is 7.85 Å². The molecule has 0 amide bonds. The summed E-state index contributed by atoms with van der Waals surface area (Å²) in [5.74, 6) is 5.39. The zero-order valence-electron chi connectivity index (χ0n) is 12.8. The fourth-order valence-electron chi connectivity index (χ4n) is 5.99. The second-order valence-electron chi connectivity index (χ2n) is 8.54. The molecule has 4 atom stereocenters. The van der Waals surface area contributed by atoms with Gasteiger partial charge in [-0.15, -0.1) is 0 Å². The molecule has 0 nitrogen and oxygen atoms in total. The van der Waals surface area contributed by atoms with Crippen LogP contribution < -0.4 is 0 Å². The van der Waals surface area contributed by atoms with Gasteiger partial charge in [0.05, 0.1) is 0 Å². The monoisotopic (exact) mass is 246 g/mol. The topological polar surface area (TPSA) is 0 Å². The van der Waals surface area contributed by atoms with Crippen LogP contribution in [0, 0.1) is 29.6 Å². The molecule has 0 aliphatic heterocycles. The van der Waals surface area contributed by atoms with Gasteiger partial charge in [0, 0.05) is 0 Å². The lowest BCUT2D eigenvalue weighted by Crippen LogP contribution is -2.46. The van der Waals surface area contributed by atoms with E-state index in [9.17, 15) is 0 Å². The van der Waals surface area contributed by atoms with Gasteiger partial charge in [-0.2, -0.15) is 0 Å². The summed E-state index contributed by atoms with van der Waals surface area (Å²) < 4.78 is 0. The average Bonchev–Trinajstić information content (AvgIpc) is 2.34. The molecule has 0 aromatic heterocycles. The minimum atomic E-state index is 0.543. The van der Waals surface area contributed by atoms with E-state index in [2.05, 4.69) is 21.7 Å². The Morgan fingerprint density at radius 2 is 1.22 bits per heavy atom. The van der Waals surface area contributed by atoms with E-state index < -0.39 is 0 Å². The summed E-state index contributed by atoms with van der Waals surface area (Å²) in [6.07, 6.45) is 13.9. The number of fused-ring (bicyclic) bond motifs is 2. The predicted molar refractivity (Wildman–Crippen MR) is 81.6 cm³/mol. The van der Waals surface area contributed by atoms with Crippen LogP contribution in [0.4, 0.5) is 0 Å². The maximum absolute atomic E-state index is 2.53. The van der Waals surface area contributed by atoms with Crippen LogP contribution in [-0.2, 0) is 0 Å². The number of hydrogen-bond acceptors (Lipinski definition) is 0. The van der Waals surface area contributed by atoms with E-state index in [-0.39, 0.29) is 0 Å². The molecule has 3 aliphatic rings. The Balaban J connectivity index is 1.87. The molecule has 1 heteroatoms. The van der Waals surface area contributed by atoms with Crippen LogP contribution in [0.3, 0.4) is 0 Å². The van der Waals surface area contributed by atoms with Crippen molar-refractivity contribution in [3.05, 3.63) is 0 Å². The normalized spacial score (nSPS) is 45.1. The van der Waals surface area contributed by atoms with E-state index in [0.717, 1.165) is 29.6 Å². The van der Waals surface area contributed by atoms with E-state index in [4.69, 9.17) is 0 Å². The van der Waals surface area contributed by atoms with Crippen LogP contribution in [0.1, 0.15) is 71.6 Å². The van der Waals surface area contributed by atoms with Crippen molar-refractivity contribution in [2.24, 2.45) is 29.6 Å². The Morgan fingerprint density at radius 3 is 1.67 bits per heavy atom. The highest BCUT2D eigenvalue weighted by atomic mass is 14.5. The lowest BCUT2D eigenvalue weighted by Gasteiger charge is -2.56. The van der Waals surface area contributed by atoms with Gasteiger partial charge < -0.3 is 0 Å². The van der Waals surface area contributed by atoms with E-state index >= 15 is 0 Å². The Kier molecular flexibility index (Phi) is 3.54. The molecule has 3 rings (SSSR count). The molecular formula is C17H31B. The summed E-state index contributed by atoms with van der Waals surface area (Å²) >= 11 is 0. The van der Waals surface area contributed by atoms with E-state index in [0.29, 0.717) is 5.31 Å². The maximum Gasteiger partial charge on any atom is 0.109 e. The molecule has 0 heterocycles. The molecule has 0 radical (unpaired) electrons. The van der Waals surface area contributed by atoms with Gasteiger partial charge in [0.25, 0.3) is 0 Å². The van der Waals surface area contributed by atoms with Gasteiger partial charge in [0.2, 0.25) is 0 Å². The molecule has 3 fully saturated rings. The number of rotatable bonds is 1. The molecule has 0 aromatic rings. The van der Waals surface area contributed by atoms with Crippen molar-refractivity contribution in [2.75, 3.05) is 0 Å². The third-order valence-electron chi connectivity index (χ3n) is 6.46. The molecular weight excluding hydrogens is 215 g/mol. The van der Waals surface area contributed by atoms with Crippen LogP contribution in [0.2, 0.25) is 5.31 Å². The fourth-order valence-corrected chi connectivity index (χ4v) is 5.99. The molecule has 0 spiro atoms. The SMILES string of the molecule is BC(C)(C)C1C2CCCCC2CC2CCCCC21. The predicted octanol–water partition coefficient (Wildman–Crippen LogP) is 4.45. The molecule has 3 aliphatic carbocycles. The molecule has 102 valence electrons. The summed E-state index contributed by atoms with van der Waals surface area (Å²) in [6.45, 7) is 5.06. The Bertz CT molecular complexity index is 268. The first-order valence-corrected chi connectivity index (χ1v) is 8.57. The molecule has 3 saturated carbocycles. The Morgan fingerprint density at radius 1 is 0.778 bits per heavy atom. The lowest BCUT2D eigenvalue weighted by molar-refractivity contribution is -0.0283. The van der Waals surface area contributed by atoms with Crippen molar-refractivity contribution in [2.45, 2.75) is 76.9 Å². The minimum Gasteiger partial charge on any atom is -0.0669 e. The van der Waals surface area contributed by atoms with E-state index in [1.54, 1.807) is 32.1 Å². The molecule has 0 N–H and O–H groups in total. The maximum atomic E-state index is 2.53. The zero-order chi connectivity index (χ0) is 12.8. The molecule has 4 unspecified atom stereocenters. The molecule has 0 saturated heterocycles. The van der Waals surface area contributed by atoms with E-state index in [1.807, 2.05) is 0 Å². The zero-order valence-corrected chi connectivity index (χ0v) is 12.8. The van der Waals surface area contributed by atoms with Gasteiger partial charge in [-0.05, 0) is 48.9 Å². The molecule has 0 bridgehead atoms. The summed E-state index contributed by atoms with van der Waals surface area (Å²) in [7, 11) is 2.53. The van der Waals surface area contributed by atoms with Gasteiger partial charge in [-0.25, -0.2) is 0 Å². The molecule has 0 aromatic carbocycles. The largest absolute Gasteiger partial charge is 0.109 e. The van der Waals surface area contributed by atoms with Crippen molar-refractivity contribution in [3.63, 3.8) is 0 Å².